The molecule has 0 spiro atoms. The topological polar surface area (TPSA) is 12.4 Å². The number of hydrogen-bond acceptors (Lipinski definition) is 1. The summed E-state index contributed by atoms with van der Waals surface area (Å²) in [6.07, 6.45) is 4.09. The third kappa shape index (κ3) is 2.56. The maximum atomic E-state index is 4.15. The highest BCUT2D eigenvalue weighted by Gasteiger charge is 2.18. The lowest BCUT2D eigenvalue weighted by molar-refractivity contribution is 0.591. The summed E-state index contributed by atoms with van der Waals surface area (Å²) in [7, 11) is 0. The van der Waals surface area contributed by atoms with E-state index in [9.17, 15) is 0 Å². The van der Waals surface area contributed by atoms with Crippen LogP contribution in [-0.4, -0.2) is 6.72 Å². The van der Waals surface area contributed by atoms with Crippen LogP contribution in [0.1, 0.15) is 38.8 Å². The van der Waals surface area contributed by atoms with E-state index in [0.717, 1.165) is 11.3 Å². The maximum absolute atomic E-state index is 4.15. The summed E-state index contributed by atoms with van der Waals surface area (Å²) < 4.78 is 0. The predicted molar refractivity (Wildman–Crippen MR) is 69.1 cm³/mol. The van der Waals surface area contributed by atoms with Gasteiger partial charge < -0.3 is 0 Å². The van der Waals surface area contributed by atoms with Crippen LogP contribution in [0.15, 0.2) is 29.3 Å². The first-order valence-electron chi connectivity index (χ1n) is 5.23. The minimum absolute atomic E-state index is 0.105. The van der Waals surface area contributed by atoms with E-state index in [1.807, 2.05) is 13.0 Å². The van der Waals surface area contributed by atoms with Crippen molar-refractivity contribution in [1.82, 2.24) is 0 Å². The van der Waals surface area contributed by atoms with Gasteiger partial charge in [-0.2, -0.15) is 0 Å². The number of aliphatic imine (C=N–C) groups is 1. The number of rotatable bonds is 2. The van der Waals surface area contributed by atoms with Gasteiger partial charge in [-0.3, -0.25) is 4.99 Å². The number of benzene rings is 1. The molecule has 1 rings (SSSR count). The first-order valence-corrected chi connectivity index (χ1v) is 5.23. The fourth-order valence-corrected chi connectivity index (χ4v) is 1.66. The first kappa shape index (κ1) is 11.7. The van der Waals surface area contributed by atoms with E-state index < -0.39 is 0 Å². The summed E-state index contributed by atoms with van der Waals surface area (Å²) in [5.74, 6) is 0. The largest absolute Gasteiger partial charge is 0.264 e. The van der Waals surface area contributed by atoms with Gasteiger partial charge in [0.1, 0.15) is 0 Å². The minimum Gasteiger partial charge on any atom is -0.264 e. The van der Waals surface area contributed by atoms with Crippen LogP contribution in [-0.2, 0) is 5.41 Å². The number of nitrogens with zero attached hydrogens (tertiary/aromatic N) is 1. The molecule has 0 amide bonds. The van der Waals surface area contributed by atoms with Gasteiger partial charge in [-0.1, -0.05) is 51.1 Å². The summed E-state index contributed by atoms with van der Waals surface area (Å²) in [5.41, 5.74) is 3.49. The number of allylic oxidation sites excluding steroid dienone is 1. The van der Waals surface area contributed by atoms with Gasteiger partial charge in [0, 0.05) is 5.56 Å². The number of hydrogen-bond donors (Lipinski definition) is 0. The molecule has 0 saturated carbocycles. The second-order valence-corrected chi connectivity index (χ2v) is 4.65. The molecular formula is C14H19N. The molecule has 0 aliphatic carbocycles. The molecule has 0 N–H and O–H groups in total. The van der Waals surface area contributed by atoms with Crippen molar-refractivity contribution in [1.29, 1.82) is 0 Å². The van der Waals surface area contributed by atoms with E-state index in [4.69, 9.17) is 0 Å². The Labute approximate surface area is 92.6 Å². The second kappa shape index (κ2) is 4.43. The Kier molecular flexibility index (Phi) is 3.46. The normalized spacial score (nSPS) is 12.0. The predicted octanol–water partition coefficient (Wildman–Crippen LogP) is 4.35. The SMILES string of the molecule is C=Nc1c(/C=C\C)cccc1C(C)(C)C. The Hall–Kier alpha value is -1.37. The van der Waals surface area contributed by atoms with Crippen molar-refractivity contribution in [2.24, 2.45) is 4.99 Å². The van der Waals surface area contributed by atoms with Crippen LogP contribution in [0.2, 0.25) is 0 Å². The summed E-state index contributed by atoms with van der Waals surface area (Å²) in [5, 5.41) is 0. The van der Waals surface area contributed by atoms with Crippen LogP contribution in [0.5, 0.6) is 0 Å². The molecule has 15 heavy (non-hydrogen) atoms. The zero-order chi connectivity index (χ0) is 11.5. The van der Waals surface area contributed by atoms with Crippen LogP contribution >= 0.6 is 0 Å². The molecule has 0 fully saturated rings. The van der Waals surface area contributed by atoms with Crippen molar-refractivity contribution < 1.29 is 0 Å². The Balaban J connectivity index is 3.41. The molecule has 0 aromatic heterocycles. The van der Waals surface area contributed by atoms with Gasteiger partial charge in [-0.15, -0.1) is 0 Å². The smallest absolute Gasteiger partial charge is 0.0731 e. The van der Waals surface area contributed by atoms with Crippen LogP contribution in [0.4, 0.5) is 5.69 Å². The van der Waals surface area contributed by atoms with E-state index in [-0.39, 0.29) is 5.41 Å². The minimum atomic E-state index is 0.105. The van der Waals surface area contributed by atoms with E-state index in [0.29, 0.717) is 0 Å². The monoisotopic (exact) mass is 201 g/mol. The molecule has 0 unspecified atom stereocenters. The third-order valence-electron chi connectivity index (χ3n) is 2.38. The molecule has 1 nitrogen and oxygen atoms in total. The Morgan fingerprint density at radius 1 is 1.27 bits per heavy atom. The highest BCUT2D eigenvalue weighted by atomic mass is 14.7. The number of para-hydroxylation sites is 1. The van der Waals surface area contributed by atoms with Crippen molar-refractivity contribution in [2.75, 3.05) is 0 Å². The molecule has 0 bridgehead atoms. The van der Waals surface area contributed by atoms with Crippen molar-refractivity contribution in [3.8, 4) is 0 Å². The molecule has 0 atom stereocenters. The second-order valence-electron chi connectivity index (χ2n) is 4.65. The van der Waals surface area contributed by atoms with E-state index in [1.54, 1.807) is 0 Å². The fourth-order valence-electron chi connectivity index (χ4n) is 1.66. The maximum Gasteiger partial charge on any atom is 0.0731 e. The molecule has 1 aromatic carbocycles. The lowest BCUT2D eigenvalue weighted by Crippen LogP contribution is -2.11. The van der Waals surface area contributed by atoms with Crippen LogP contribution < -0.4 is 0 Å². The zero-order valence-corrected chi connectivity index (χ0v) is 10.0. The quantitative estimate of drug-likeness (QED) is 0.631. The van der Waals surface area contributed by atoms with Crippen LogP contribution in [0.25, 0.3) is 6.08 Å². The summed E-state index contributed by atoms with van der Waals surface area (Å²) >= 11 is 0. The molecule has 1 aromatic rings. The van der Waals surface area contributed by atoms with Gasteiger partial charge in [0.2, 0.25) is 0 Å². The molecule has 0 aliphatic heterocycles. The summed E-state index contributed by atoms with van der Waals surface area (Å²) in [6.45, 7) is 12.2. The molecule has 1 heteroatoms. The average molecular weight is 201 g/mol. The van der Waals surface area contributed by atoms with Gasteiger partial charge in [-0.05, 0) is 24.6 Å². The summed E-state index contributed by atoms with van der Waals surface area (Å²) in [6, 6.07) is 6.26. The Morgan fingerprint density at radius 2 is 1.93 bits per heavy atom. The molecule has 0 saturated heterocycles. The van der Waals surface area contributed by atoms with Gasteiger partial charge in [-0.25, -0.2) is 0 Å². The fraction of sp³-hybridized carbons (Fsp3) is 0.357. The van der Waals surface area contributed by atoms with E-state index in [2.05, 4.69) is 56.8 Å². The van der Waals surface area contributed by atoms with Gasteiger partial charge >= 0.3 is 0 Å². The third-order valence-corrected chi connectivity index (χ3v) is 2.38. The average Bonchev–Trinajstić information content (AvgIpc) is 2.16. The molecule has 0 aliphatic rings. The van der Waals surface area contributed by atoms with Gasteiger partial charge in [0.05, 0.1) is 5.69 Å². The lowest BCUT2D eigenvalue weighted by Gasteiger charge is -2.22. The highest BCUT2D eigenvalue weighted by Crippen LogP contribution is 2.34. The molecule has 0 radical (unpaired) electrons. The molecule has 0 heterocycles. The summed E-state index contributed by atoms with van der Waals surface area (Å²) in [4.78, 5) is 4.15. The van der Waals surface area contributed by atoms with Crippen LogP contribution in [0.3, 0.4) is 0 Å². The zero-order valence-electron chi connectivity index (χ0n) is 10.0. The first-order chi connectivity index (χ1) is 7.00. The highest BCUT2D eigenvalue weighted by molar-refractivity contribution is 5.70. The van der Waals surface area contributed by atoms with E-state index in [1.165, 1.54) is 5.56 Å². The Bertz CT molecular complexity index is 381. The molecule has 80 valence electrons. The van der Waals surface area contributed by atoms with Crippen molar-refractivity contribution in [3.05, 3.63) is 35.4 Å². The van der Waals surface area contributed by atoms with Crippen LogP contribution in [0, 0.1) is 0 Å². The Morgan fingerprint density at radius 3 is 2.40 bits per heavy atom. The van der Waals surface area contributed by atoms with Gasteiger partial charge in [0.25, 0.3) is 0 Å². The van der Waals surface area contributed by atoms with Crippen molar-refractivity contribution in [2.45, 2.75) is 33.1 Å². The standard InChI is InChI=1S/C14H19N/c1-6-8-11-9-7-10-12(13(11)15-5)14(2,3)4/h6-10H,5H2,1-4H3/b8-6-. The van der Waals surface area contributed by atoms with Gasteiger partial charge in [0.15, 0.2) is 0 Å². The van der Waals surface area contributed by atoms with E-state index >= 15 is 0 Å². The lowest BCUT2D eigenvalue weighted by atomic mass is 9.84. The van der Waals surface area contributed by atoms with Crippen molar-refractivity contribution in [3.63, 3.8) is 0 Å². The molecular weight excluding hydrogens is 182 g/mol. The van der Waals surface area contributed by atoms with Crippen molar-refractivity contribution >= 4 is 18.5 Å².